The molecule has 0 atom stereocenters. The number of hydrogen-bond donors (Lipinski definition) is 1. The number of rotatable bonds is 2. The average molecular weight is 281 g/mol. The van der Waals surface area contributed by atoms with E-state index in [0.717, 1.165) is 11.1 Å². The molecule has 0 radical (unpaired) electrons. The minimum absolute atomic E-state index is 0.0917. The number of allylic oxidation sites excluding steroid dienone is 1. The molecule has 0 saturated heterocycles. The summed E-state index contributed by atoms with van der Waals surface area (Å²) in [4.78, 5) is 12.3. The lowest BCUT2D eigenvalue weighted by atomic mass is 9.94. The number of halogens is 1. The predicted molar refractivity (Wildman–Crippen MR) is 81.3 cm³/mol. The fourth-order valence-corrected chi connectivity index (χ4v) is 2.69. The fourth-order valence-electron chi connectivity index (χ4n) is 2.69. The third-order valence-electron chi connectivity index (χ3n) is 3.73. The second kappa shape index (κ2) is 4.85. The molecule has 106 valence electrons. The third-order valence-corrected chi connectivity index (χ3v) is 3.73. The van der Waals surface area contributed by atoms with E-state index in [1.165, 1.54) is 12.1 Å². The maximum Gasteiger partial charge on any atom is 0.187 e. The quantitative estimate of drug-likeness (QED) is 0.668. The van der Waals surface area contributed by atoms with E-state index in [1.54, 1.807) is 24.3 Å². The summed E-state index contributed by atoms with van der Waals surface area (Å²) in [6, 6.07) is 13.7. The van der Waals surface area contributed by atoms with Crippen LogP contribution in [0.4, 0.5) is 4.39 Å². The average Bonchev–Trinajstić information content (AvgIpc) is 2.70. The van der Waals surface area contributed by atoms with Crippen molar-refractivity contribution >= 4 is 11.5 Å². The summed E-state index contributed by atoms with van der Waals surface area (Å²) < 4.78 is 13.5. The van der Waals surface area contributed by atoms with Gasteiger partial charge in [0.05, 0.1) is 5.54 Å². The van der Waals surface area contributed by atoms with Crippen molar-refractivity contribution in [1.29, 1.82) is 0 Å². The third kappa shape index (κ3) is 2.47. The molecular formula is C18H16FNO. The number of ketones is 1. The van der Waals surface area contributed by atoms with Gasteiger partial charge in [0, 0.05) is 22.9 Å². The number of benzene rings is 2. The van der Waals surface area contributed by atoms with Crippen molar-refractivity contribution in [3.05, 3.63) is 77.1 Å². The van der Waals surface area contributed by atoms with E-state index in [2.05, 4.69) is 5.32 Å². The summed E-state index contributed by atoms with van der Waals surface area (Å²) in [5.41, 5.74) is 2.73. The number of hydrogen-bond acceptors (Lipinski definition) is 2. The van der Waals surface area contributed by atoms with Gasteiger partial charge in [-0.1, -0.05) is 36.4 Å². The van der Waals surface area contributed by atoms with Crippen molar-refractivity contribution in [2.24, 2.45) is 0 Å². The van der Waals surface area contributed by atoms with Crippen LogP contribution in [-0.2, 0) is 5.54 Å². The predicted octanol–water partition coefficient (Wildman–Crippen LogP) is 3.89. The largest absolute Gasteiger partial charge is 0.375 e. The van der Waals surface area contributed by atoms with Crippen molar-refractivity contribution in [2.45, 2.75) is 19.4 Å². The summed E-state index contributed by atoms with van der Waals surface area (Å²) in [5.74, 6) is -0.391. The van der Waals surface area contributed by atoms with Crippen LogP contribution in [0.25, 0.3) is 5.70 Å². The monoisotopic (exact) mass is 281 g/mol. The zero-order valence-electron chi connectivity index (χ0n) is 12.0. The molecule has 2 nitrogen and oxygen atoms in total. The van der Waals surface area contributed by atoms with E-state index in [-0.39, 0.29) is 17.1 Å². The number of carbonyl (C=O) groups excluding carboxylic acids is 1. The number of carbonyl (C=O) groups is 1. The molecule has 3 heteroatoms. The Morgan fingerprint density at radius 3 is 2.57 bits per heavy atom. The van der Waals surface area contributed by atoms with Crippen molar-refractivity contribution in [2.75, 3.05) is 0 Å². The van der Waals surface area contributed by atoms with Gasteiger partial charge in [0.25, 0.3) is 0 Å². The maximum atomic E-state index is 13.5. The van der Waals surface area contributed by atoms with Crippen LogP contribution in [-0.4, -0.2) is 5.78 Å². The van der Waals surface area contributed by atoms with Crippen LogP contribution in [0.3, 0.4) is 0 Å². The molecule has 0 aliphatic carbocycles. The van der Waals surface area contributed by atoms with Gasteiger partial charge >= 0.3 is 0 Å². The summed E-state index contributed by atoms with van der Waals surface area (Å²) in [7, 11) is 0. The topological polar surface area (TPSA) is 29.1 Å². The molecule has 0 spiro atoms. The summed E-state index contributed by atoms with van der Waals surface area (Å²) in [5, 5.41) is 3.30. The van der Waals surface area contributed by atoms with Crippen LogP contribution in [0.5, 0.6) is 0 Å². The molecule has 0 saturated carbocycles. The Balaban J connectivity index is 2.04. The first kappa shape index (κ1) is 13.6. The van der Waals surface area contributed by atoms with Gasteiger partial charge in [-0.05, 0) is 31.5 Å². The molecule has 2 aromatic rings. The SMILES string of the molecule is CC1(C)N/C(=C\C(=O)c2ccccc2)c2cc(F)ccc21. The van der Waals surface area contributed by atoms with E-state index < -0.39 is 0 Å². The van der Waals surface area contributed by atoms with Gasteiger partial charge in [-0.2, -0.15) is 0 Å². The first-order valence-corrected chi connectivity index (χ1v) is 6.87. The molecular weight excluding hydrogens is 265 g/mol. The zero-order valence-corrected chi connectivity index (χ0v) is 12.0. The Labute approximate surface area is 123 Å². The molecule has 1 heterocycles. The Morgan fingerprint density at radius 2 is 1.86 bits per heavy atom. The summed E-state index contributed by atoms with van der Waals surface area (Å²) >= 11 is 0. The molecule has 3 rings (SSSR count). The number of fused-ring (bicyclic) bond motifs is 1. The van der Waals surface area contributed by atoms with Gasteiger partial charge in [0.15, 0.2) is 5.78 Å². The van der Waals surface area contributed by atoms with Crippen molar-refractivity contribution in [1.82, 2.24) is 5.32 Å². The lowest BCUT2D eigenvalue weighted by Crippen LogP contribution is -2.28. The highest BCUT2D eigenvalue weighted by molar-refractivity contribution is 6.08. The van der Waals surface area contributed by atoms with E-state index in [1.807, 2.05) is 32.0 Å². The first-order chi connectivity index (χ1) is 9.97. The highest BCUT2D eigenvalue weighted by Gasteiger charge is 2.32. The molecule has 0 aromatic heterocycles. The van der Waals surface area contributed by atoms with Gasteiger partial charge in [-0.3, -0.25) is 4.79 Å². The van der Waals surface area contributed by atoms with Gasteiger partial charge < -0.3 is 5.32 Å². The molecule has 0 unspecified atom stereocenters. The van der Waals surface area contributed by atoms with Crippen LogP contribution < -0.4 is 5.32 Å². The molecule has 21 heavy (non-hydrogen) atoms. The zero-order chi connectivity index (χ0) is 15.0. The van der Waals surface area contributed by atoms with Crippen LogP contribution in [0.15, 0.2) is 54.6 Å². The normalized spacial score (nSPS) is 17.4. The van der Waals surface area contributed by atoms with E-state index in [4.69, 9.17) is 0 Å². The van der Waals surface area contributed by atoms with Crippen LogP contribution >= 0.6 is 0 Å². The molecule has 1 N–H and O–H groups in total. The van der Waals surface area contributed by atoms with E-state index >= 15 is 0 Å². The van der Waals surface area contributed by atoms with Crippen LogP contribution in [0, 0.1) is 5.82 Å². The Kier molecular flexibility index (Phi) is 3.13. The smallest absolute Gasteiger partial charge is 0.187 e. The Bertz CT molecular complexity index is 732. The molecule has 0 amide bonds. The van der Waals surface area contributed by atoms with E-state index in [9.17, 15) is 9.18 Å². The summed E-state index contributed by atoms with van der Waals surface area (Å²) in [6.07, 6.45) is 1.54. The highest BCUT2D eigenvalue weighted by Crippen LogP contribution is 2.37. The maximum absolute atomic E-state index is 13.5. The fraction of sp³-hybridized carbons (Fsp3) is 0.167. The van der Waals surface area contributed by atoms with Crippen molar-refractivity contribution in [3.8, 4) is 0 Å². The lowest BCUT2D eigenvalue weighted by molar-refractivity contribution is 0.104. The van der Waals surface area contributed by atoms with E-state index in [0.29, 0.717) is 11.3 Å². The van der Waals surface area contributed by atoms with Gasteiger partial charge in [0.2, 0.25) is 0 Å². The molecule has 1 aliphatic heterocycles. The second-order valence-corrected chi connectivity index (χ2v) is 5.73. The summed E-state index contributed by atoms with van der Waals surface area (Å²) in [6.45, 7) is 4.02. The lowest BCUT2D eigenvalue weighted by Gasteiger charge is -2.20. The second-order valence-electron chi connectivity index (χ2n) is 5.73. The highest BCUT2D eigenvalue weighted by atomic mass is 19.1. The standard InChI is InChI=1S/C18H16FNO/c1-18(2)15-9-8-13(19)10-14(15)16(20-18)11-17(21)12-6-4-3-5-7-12/h3-11,20H,1-2H3/b16-11-. The number of nitrogens with one attached hydrogen (secondary N) is 1. The minimum atomic E-state index is -0.314. The molecule has 2 aromatic carbocycles. The van der Waals surface area contributed by atoms with Crippen molar-refractivity contribution < 1.29 is 9.18 Å². The van der Waals surface area contributed by atoms with Crippen LogP contribution in [0.1, 0.15) is 35.3 Å². The van der Waals surface area contributed by atoms with Crippen LogP contribution in [0.2, 0.25) is 0 Å². The minimum Gasteiger partial charge on any atom is -0.375 e. The molecule has 0 bridgehead atoms. The molecule has 1 aliphatic rings. The van der Waals surface area contributed by atoms with Gasteiger partial charge in [-0.15, -0.1) is 0 Å². The molecule has 0 fully saturated rings. The van der Waals surface area contributed by atoms with Crippen molar-refractivity contribution in [3.63, 3.8) is 0 Å². The van der Waals surface area contributed by atoms with Gasteiger partial charge in [0.1, 0.15) is 5.82 Å². The first-order valence-electron chi connectivity index (χ1n) is 6.87. The Hall–Kier alpha value is -2.42. The Morgan fingerprint density at radius 1 is 1.14 bits per heavy atom. The van der Waals surface area contributed by atoms with Gasteiger partial charge in [-0.25, -0.2) is 4.39 Å².